The van der Waals surface area contributed by atoms with Crippen LogP contribution in [0, 0.1) is 18.3 Å². The predicted molar refractivity (Wildman–Crippen MR) is 110 cm³/mol. The fourth-order valence-electron chi connectivity index (χ4n) is 3.63. The average molecular weight is 462 g/mol. The van der Waals surface area contributed by atoms with Gasteiger partial charge in [0.2, 0.25) is 5.43 Å². The van der Waals surface area contributed by atoms with Gasteiger partial charge in [0.1, 0.15) is 11.3 Å². The van der Waals surface area contributed by atoms with Crippen molar-refractivity contribution in [2.45, 2.75) is 43.2 Å². The highest BCUT2D eigenvalue weighted by Crippen LogP contribution is 2.48. The molecule has 166 valence electrons. The molecule has 0 radical (unpaired) electrons. The summed E-state index contributed by atoms with van der Waals surface area (Å²) in [4.78, 5) is 17.2. The van der Waals surface area contributed by atoms with Crippen molar-refractivity contribution < 1.29 is 26.0 Å². The number of aromatic nitrogens is 1. The van der Waals surface area contributed by atoms with Crippen LogP contribution >= 0.6 is 0 Å². The van der Waals surface area contributed by atoms with Gasteiger partial charge in [0.05, 0.1) is 44.3 Å². The van der Waals surface area contributed by atoms with Gasteiger partial charge in [0, 0.05) is 6.20 Å². The molecule has 1 aromatic carbocycles. The summed E-state index contributed by atoms with van der Waals surface area (Å²) >= 11 is 0. The van der Waals surface area contributed by atoms with Gasteiger partial charge >= 0.3 is 6.18 Å². The van der Waals surface area contributed by atoms with E-state index in [4.69, 9.17) is 4.42 Å². The number of nitriles is 1. The van der Waals surface area contributed by atoms with Crippen LogP contribution in [0.3, 0.4) is 0 Å². The van der Waals surface area contributed by atoms with Gasteiger partial charge in [0.15, 0.2) is 9.84 Å². The summed E-state index contributed by atoms with van der Waals surface area (Å²) in [5.41, 5.74) is -2.54. The average Bonchev–Trinajstić information content (AvgIpc) is 3.54. The Morgan fingerprint density at radius 2 is 1.94 bits per heavy atom. The summed E-state index contributed by atoms with van der Waals surface area (Å²) in [6.45, 7) is 2.81. The first-order chi connectivity index (χ1) is 14.9. The molecule has 0 atom stereocenters. The molecule has 1 saturated carbocycles. The summed E-state index contributed by atoms with van der Waals surface area (Å²) in [5.74, 6) is -0.325. The lowest BCUT2D eigenvalue weighted by molar-refractivity contribution is -0.137. The van der Waals surface area contributed by atoms with E-state index in [1.165, 1.54) is 26.1 Å². The topological polar surface area (TPSA) is 101 Å². The largest absolute Gasteiger partial charge is 0.460 e. The van der Waals surface area contributed by atoms with Crippen molar-refractivity contribution in [3.63, 3.8) is 0 Å². The van der Waals surface area contributed by atoms with Gasteiger partial charge in [-0.2, -0.15) is 18.4 Å². The summed E-state index contributed by atoms with van der Waals surface area (Å²) in [6.07, 6.45) is -2.09. The molecule has 6 nitrogen and oxygen atoms in total. The molecule has 0 bridgehead atoms. The molecule has 2 heterocycles. The maximum atomic E-state index is 13.2. The minimum atomic E-state index is -4.61. The second-order valence-corrected chi connectivity index (χ2v) is 9.99. The monoisotopic (exact) mass is 462 g/mol. The number of rotatable bonds is 4. The Labute approximate surface area is 181 Å². The van der Waals surface area contributed by atoms with Crippen LogP contribution in [0.2, 0.25) is 0 Å². The summed E-state index contributed by atoms with van der Waals surface area (Å²) in [6, 6.07) is 6.05. The summed E-state index contributed by atoms with van der Waals surface area (Å²) in [7, 11) is -3.85. The number of halogens is 3. The first kappa shape index (κ1) is 22.0. The number of benzene rings is 1. The molecule has 10 heteroatoms. The third kappa shape index (κ3) is 3.46. The van der Waals surface area contributed by atoms with E-state index >= 15 is 0 Å². The van der Waals surface area contributed by atoms with Gasteiger partial charge in [-0.3, -0.25) is 9.78 Å². The quantitative estimate of drug-likeness (QED) is 0.565. The second-order valence-electron chi connectivity index (χ2n) is 7.74. The van der Waals surface area contributed by atoms with Crippen LogP contribution < -0.4 is 5.43 Å². The van der Waals surface area contributed by atoms with E-state index in [0.717, 1.165) is 18.2 Å². The molecule has 4 rings (SSSR count). The molecule has 0 spiro atoms. The molecule has 2 aromatic heterocycles. The number of pyridine rings is 1. The molecule has 0 amide bonds. The highest BCUT2D eigenvalue weighted by Gasteiger charge is 2.46. The van der Waals surface area contributed by atoms with Crippen LogP contribution in [0.4, 0.5) is 13.2 Å². The summed E-state index contributed by atoms with van der Waals surface area (Å²) < 4.78 is 70.3. The molecule has 3 aromatic rings. The van der Waals surface area contributed by atoms with E-state index in [1.807, 2.05) is 0 Å². The number of sulfone groups is 1. The lowest BCUT2D eigenvalue weighted by Crippen LogP contribution is -2.15. The van der Waals surface area contributed by atoms with Crippen LogP contribution in [0.15, 0.2) is 44.6 Å². The molecule has 0 unspecified atom stereocenters. The zero-order valence-corrected chi connectivity index (χ0v) is 17.9. The zero-order chi connectivity index (χ0) is 23.5. The maximum Gasteiger partial charge on any atom is 0.416 e. The molecular formula is C22H17F3N2O4S. The number of nitrogens with zero attached hydrogens (tertiary/aromatic N) is 2. The summed E-state index contributed by atoms with van der Waals surface area (Å²) in [5, 5.41) is 9.34. The first-order valence-corrected chi connectivity index (χ1v) is 11.4. The van der Waals surface area contributed by atoms with Crippen molar-refractivity contribution in [2.75, 3.05) is 5.75 Å². The van der Waals surface area contributed by atoms with Crippen molar-refractivity contribution >= 4 is 20.8 Å². The Balaban J connectivity index is 2.00. The normalized spacial score (nSPS) is 15.5. The molecular weight excluding hydrogens is 445 g/mol. The van der Waals surface area contributed by atoms with E-state index in [2.05, 4.69) is 11.1 Å². The third-order valence-corrected chi connectivity index (χ3v) is 7.46. The van der Waals surface area contributed by atoms with Crippen molar-refractivity contribution in [2.24, 2.45) is 0 Å². The molecule has 1 aliphatic carbocycles. The fraction of sp³-hybridized carbons (Fsp3) is 0.318. The highest BCUT2D eigenvalue weighted by molar-refractivity contribution is 7.91. The van der Waals surface area contributed by atoms with Gasteiger partial charge in [-0.15, -0.1) is 0 Å². The Morgan fingerprint density at radius 1 is 1.25 bits per heavy atom. The van der Waals surface area contributed by atoms with E-state index in [-0.39, 0.29) is 38.6 Å². The number of hydrogen-bond donors (Lipinski definition) is 0. The van der Waals surface area contributed by atoms with Crippen molar-refractivity contribution in [1.29, 1.82) is 5.26 Å². The van der Waals surface area contributed by atoms with Crippen LogP contribution in [0.5, 0.6) is 0 Å². The van der Waals surface area contributed by atoms with Crippen molar-refractivity contribution in [3.05, 3.63) is 57.6 Å². The van der Waals surface area contributed by atoms with Gasteiger partial charge in [-0.1, -0.05) is 6.92 Å². The Kier molecular flexibility index (Phi) is 4.93. The predicted octanol–water partition coefficient (Wildman–Crippen LogP) is 4.53. The molecule has 0 aliphatic heterocycles. The van der Waals surface area contributed by atoms with Gasteiger partial charge < -0.3 is 4.42 Å². The van der Waals surface area contributed by atoms with Gasteiger partial charge in [-0.25, -0.2) is 8.42 Å². The second kappa shape index (κ2) is 7.17. The van der Waals surface area contributed by atoms with Crippen LogP contribution in [0.25, 0.3) is 22.2 Å². The Hall–Kier alpha value is -3.19. The molecule has 1 aliphatic rings. The number of aryl methyl sites for hydroxylation is 1. The van der Waals surface area contributed by atoms with Crippen LogP contribution in [-0.2, 0) is 21.4 Å². The minimum Gasteiger partial charge on any atom is -0.460 e. The van der Waals surface area contributed by atoms with Crippen molar-refractivity contribution in [1.82, 2.24) is 4.98 Å². The number of hydrogen-bond acceptors (Lipinski definition) is 6. The molecule has 0 saturated heterocycles. The maximum absolute atomic E-state index is 13.2. The van der Waals surface area contributed by atoms with Crippen LogP contribution in [-0.4, -0.2) is 19.2 Å². The van der Waals surface area contributed by atoms with Crippen LogP contribution in [0.1, 0.15) is 36.7 Å². The number of alkyl halides is 3. The molecule has 0 N–H and O–H groups in total. The SMILES string of the molecule is CCS(=O)(=O)c1cc(C2(C#N)CC2)cnc1-c1c(C)oc2cc(C(F)(F)F)ccc2c1=O. The number of fused-ring (bicyclic) bond motifs is 1. The van der Waals surface area contributed by atoms with Gasteiger partial charge in [-0.05, 0) is 49.6 Å². The zero-order valence-electron chi connectivity index (χ0n) is 17.1. The van der Waals surface area contributed by atoms with E-state index in [0.29, 0.717) is 18.4 Å². The molecule has 32 heavy (non-hydrogen) atoms. The Bertz CT molecular complexity index is 1460. The fourth-order valence-corrected chi connectivity index (χ4v) is 4.70. The smallest absolute Gasteiger partial charge is 0.416 e. The van der Waals surface area contributed by atoms with Crippen molar-refractivity contribution in [3.8, 4) is 17.3 Å². The standard InChI is InChI=1S/C22H17F3N2O4S/c1-3-32(29,30)17-9-14(21(11-26)6-7-21)10-27-19(17)18-12(2)31-16-8-13(22(23,24)25)4-5-15(16)20(18)28/h4-5,8-10H,3,6-7H2,1-2H3. The highest BCUT2D eigenvalue weighted by atomic mass is 32.2. The Morgan fingerprint density at radius 3 is 2.50 bits per heavy atom. The third-order valence-electron chi connectivity index (χ3n) is 5.72. The lowest BCUT2D eigenvalue weighted by atomic mass is 9.98. The molecule has 1 fully saturated rings. The van der Waals surface area contributed by atoms with E-state index in [1.54, 1.807) is 0 Å². The van der Waals surface area contributed by atoms with Gasteiger partial charge in [0.25, 0.3) is 0 Å². The first-order valence-electron chi connectivity index (χ1n) is 9.73. The van der Waals surface area contributed by atoms with E-state index < -0.39 is 32.4 Å². The lowest BCUT2D eigenvalue weighted by Gasteiger charge is -2.14. The minimum absolute atomic E-state index is 0.0592. The van der Waals surface area contributed by atoms with E-state index in [9.17, 15) is 31.6 Å².